The molecule has 25 heavy (non-hydrogen) atoms. The van der Waals surface area contributed by atoms with Crippen LogP contribution in [0.5, 0.6) is 0 Å². The Kier molecular flexibility index (Phi) is 4.07. The first kappa shape index (κ1) is 16.3. The zero-order chi connectivity index (χ0) is 17.6. The van der Waals surface area contributed by atoms with Crippen LogP contribution in [-0.2, 0) is 17.9 Å². The third-order valence-electron chi connectivity index (χ3n) is 5.57. The Labute approximate surface area is 147 Å². The third-order valence-corrected chi connectivity index (χ3v) is 5.57. The summed E-state index contributed by atoms with van der Waals surface area (Å²) in [6, 6.07) is 0.238. The van der Waals surface area contributed by atoms with Crippen LogP contribution in [0, 0.1) is 13.8 Å². The average molecular weight is 343 g/mol. The number of hydrogen-bond donors (Lipinski definition) is 1. The number of amides is 1. The molecule has 0 spiro atoms. The molecular weight excluding hydrogens is 318 g/mol. The van der Waals surface area contributed by atoms with E-state index in [1.54, 1.807) is 6.20 Å². The van der Waals surface area contributed by atoms with Crippen molar-refractivity contribution in [1.82, 2.24) is 29.4 Å². The minimum Gasteiger partial charge on any atom is -0.322 e. The van der Waals surface area contributed by atoms with E-state index in [9.17, 15) is 4.79 Å². The molecule has 2 aromatic rings. The van der Waals surface area contributed by atoms with Gasteiger partial charge in [0.15, 0.2) is 0 Å². The Morgan fingerprint density at radius 3 is 2.76 bits per heavy atom. The van der Waals surface area contributed by atoms with E-state index in [4.69, 9.17) is 0 Å². The summed E-state index contributed by atoms with van der Waals surface area (Å²) < 4.78 is 4.11. The second kappa shape index (κ2) is 6.25. The van der Waals surface area contributed by atoms with Gasteiger partial charge in [0.05, 0.1) is 36.7 Å². The zero-order valence-electron chi connectivity index (χ0n) is 15.1. The highest BCUT2D eigenvalue weighted by Gasteiger charge is 2.32. The van der Waals surface area contributed by atoms with E-state index in [1.165, 1.54) is 25.7 Å². The quantitative estimate of drug-likeness (QED) is 0.917. The number of fused-ring (bicyclic) bond motifs is 1. The van der Waals surface area contributed by atoms with E-state index in [2.05, 4.69) is 25.3 Å². The molecule has 1 atom stereocenters. The first-order valence-corrected chi connectivity index (χ1v) is 8.98. The van der Waals surface area contributed by atoms with Gasteiger partial charge in [0, 0.05) is 0 Å². The fraction of sp³-hybridized carbons (Fsp3) is 0.647. The molecule has 1 aliphatic carbocycles. The number of anilines is 1. The van der Waals surface area contributed by atoms with Crippen molar-refractivity contribution in [2.24, 2.45) is 0 Å². The van der Waals surface area contributed by atoms with Gasteiger partial charge in [-0.15, -0.1) is 10.2 Å². The van der Waals surface area contributed by atoms with E-state index in [1.807, 2.05) is 30.4 Å². The lowest BCUT2D eigenvalue weighted by Crippen LogP contribution is -2.48. The first-order chi connectivity index (χ1) is 12.0. The molecule has 0 aromatic carbocycles. The number of aryl methyl sites for hydroxylation is 1. The topological polar surface area (TPSA) is 80.9 Å². The fourth-order valence-corrected chi connectivity index (χ4v) is 3.99. The van der Waals surface area contributed by atoms with Crippen molar-refractivity contribution in [2.45, 2.75) is 64.7 Å². The first-order valence-electron chi connectivity index (χ1n) is 8.98. The third kappa shape index (κ3) is 2.84. The van der Waals surface area contributed by atoms with E-state index >= 15 is 0 Å². The molecule has 2 aliphatic rings. The molecule has 4 rings (SSSR count). The molecule has 0 radical (unpaired) electrons. The van der Waals surface area contributed by atoms with Gasteiger partial charge in [-0.25, -0.2) is 0 Å². The van der Waals surface area contributed by atoms with Crippen LogP contribution in [-0.4, -0.2) is 48.4 Å². The van der Waals surface area contributed by atoms with Gasteiger partial charge in [0.25, 0.3) is 0 Å². The van der Waals surface area contributed by atoms with Crippen LogP contribution in [0.15, 0.2) is 6.20 Å². The van der Waals surface area contributed by atoms with Crippen LogP contribution in [0.2, 0.25) is 0 Å². The maximum absolute atomic E-state index is 12.9. The van der Waals surface area contributed by atoms with E-state index < -0.39 is 0 Å². The second-order valence-corrected chi connectivity index (χ2v) is 7.22. The lowest BCUT2D eigenvalue weighted by molar-refractivity contribution is -0.122. The van der Waals surface area contributed by atoms with Crippen molar-refractivity contribution in [1.29, 1.82) is 0 Å². The number of nitrogens with one attached hydrogen (secondary N) is 1. The minimum atomic E-state index is -0.239. The van der Waals surface area contributed by atoms with Crippen LogP contribution in [0.3, 0.4) is 0 Å². The van der Waals surface area contributed by atoms with Crippen molar-refractivity contribution in [2.75, 3.05) is 12.4 Å². The summed E-state index contributed by atoms with van der Waals surface area (Å²) in [5.41, 5.74) is 1.86. The molecule has 1 fully saturated rings. The molecule has 8 heteroatoms. The van der Waals surface area contributed by atoms with Gasteiger partial charge in [-0.1, -0.05) is 12.8 Å². The predicted molar refractivity (Wildman–Crippen MR) is 93.1 cm³/mol. The maximum Gasteiger partial charge on any atom is 0.243 e. The molecule has 134 valence electrons. The SMILES string of the molecule is Cc1c(NC(=O)C2Cn3c(C)nnc3CN2C)cnn1C1CCCC1. The van der Waals surface area contributed by atoms with Crippen molar-refractivity contribution in [3.63, 3.8) is 0 Å². The Morgan fingerprint density at radius 2 is 2.00 bits per heavy atom. The molecule has 3 heterocycles. The normalized spacial score (nSPS) is 21.5. The molecule has 0 saturated heterocycles. The van der Waals surface area contributed by atoms with Crippen molar-refractivity contribution in [3.8, 4) is 0 Å². The Morgan fingerprint density at radius 1 is 1.24 bits per heavy atom. The number of likely N-dealkylation sites (N-methyl/N-ethyl adjacent to an activating group) is 1. The lowest BCUT2D eigenvalue weighted by Gasteiger charge is -2.32. The smallest absolute Gasteiger partial charge is 0.243 e. The number of nitrogens with zero attached hydrogens (tertiary/aromatic N) is 6. The Hall–Kier alpha value is -2.22. The molecular formula is C17H25N7O. The minimum absolute atomic E-state index is 0.00433. The molecule has 1 unspecified atom stereocenters. The van der Waals surface area contributed by atoms with Crippen molar-refractivity contribution < 1.29 is 4.79 Å². The summed E-state index contributed by atoms with van der Waals surface area (Å²) in [5.74, 6) is 1.76. The summed E-state index contributed by atoms with van der Waals surface area (Å²) in [4.78, 5) is 14.9. The average Bonchev–Trinajstić information content (AvgIpc) is 3.30. The highest BCUT2D eigenvalue weighted by atomic mass is 16.2. The summed E-state index contributed by atoms with van der Waals surface area (Å²) >= 11 is 0. The zero-order valence-corrected chi connectivity index (χ0v) is 15.1. The molecule has 2 aromatic heterocycles. The van der Waals surface area contributed by atoms with Crippen LogP contribution >= 0.6 is 0 Å². The van der Waals surface area contributed by atoms with Gasteiger partial charge in [-0.2, -0.15) is 5.10 Å². The van der Waals surface area contributed by atoms with Crippen molar-refractivity contribution >= 4 is 11.6 Å². The van der Waals surface area contributed by atoms with Crippen LogP contribution in [0.25, 0.3) is 0 Å². The summed E-state index contributed by atoms with van der Waals surface area (Å²) in [5, 5.41) is 15.9. The van der Waals surface area contributed by atoms with Gasteiger partial charge in [-0.3, -0.25) is 14.4 Å². The van der Waals surface area contributed by atoms with E-state index in [-0.39, 0.29) is 11.9 Å². The lowest BCUT2D eigenvalue weighted by atomic mass is 10.1. The highest BCUT2D eigenvalue weighted by molar-refractivity contribution is 5.95. The maximum atomic E-state index is 12.9. The van der Waals surface area contributed by atoms with E-state index in [0.717, 1.165) is 23.0 Å². The molecule has 1 amide bonds. The van der Waals surface area contributed by atoms with Crippen LogP contribution < -0.4 is 5.32 Å². The van der Waals surface area contributed by atoms with Gasteiger partial charge in [-0.05, 0) is 33.7 Å². The van der Waals surface area contributed by atoms with Gasteiger partial charge < -0.3 is 9.88 Å². The van der Waals surface area contributed by atoms with Crippen LogP contribution in [0.4, 0.5) is 5.69 Å². The summed E-state index contributed by atoms with van der Waals surface area (Å²) in [6.07, 6.45) is 6.66. The second-order valence-electron chi connectivity index (χ2n) is 7.22. The monoisotopic (exact) mass is 343 g/mol. The molecule has 8 nitrogen and oxygen atoms in total. The molecule has 1 saturated carbocycles. The van der Waals surface area contributed by atoms with Gasteiger partial charge >= 0.3 is 0 Å². The van der Waals surface area contributed by atoms with Crippen LogP contribution in [0.1, 0.15) is 49.1 Å². The number of carbonyl (C=O) groups excluding carboxylic acids is 1. The fourth-order valence-electron chi connectivity index (χ4n) is 3.99. The predicted octanol–water partition coefficient (Wildman–Crippen LogP) is 1.66. The highest BCUT2D eigenvalue weighted by Crippen LogP contribution is 2.31. The molecule has 0 bridgehead atoms. The number of hydrogen-bond acceptors (Lipinski definition) is 5. The Bertz CT molecular complexity index is 787. The standard InChI is InChI=1S/C17H25N7O/c1-11-14(8-18-24(11)13-6-4-5-7-13)19-17(25)15-9-23-12(2)20-21-16(23)10-22(15)3/h8,13,15H,4-7,9-10H2,1-3H3,(H,19,25). The van der Waals surface area contributed by atoms with Gasteiger partial charge in [0.1, 0.15) is 17.7 Å². The summed E-state index contributed by atoms with van der Waals surface area (Å²) in [7, 11) is 1.95. The molecule has 1 aliphatic heterocycles. The number of aromatic nitrogens is 5. The Balaban J connectivity index is 1.50. The number of carbonyl (C=O) groups is 1. The van der Waals surface area contributed by atoms with Crippen molar-refractivity contribution in [3.05, 3.63) is 23.5 Å². The number of rotatable bonds is 3. The molecule has 1 N–H and O–H groups in total. The van der Waals surface area contributed by atoms with E-state index in [0.29, 0.717) is 19.1 Å². The van der Waals surface area contributed by atoms with Gasteiger partial charge in [0.2, 0.25) is 5.91 Å². The largest absolute Gasteiger partial charge is 0.322 e. The summed E-state index contributed by atoms with van der Waals surface area (Å²) in [6.45, 7) is 5.16.